The van der Waals surface area contributed by atoms with E-state index in [-0.39, 0.29) is 0 Å². The third-order valence-electron chi connectivity index (χ3n) is 4.36. The van der Waals surface area contributed by atoms with Gasteiger partial charge in [-0.05, 0) is 54.5 Å². The van der Waals surface area contributed by atoms with Crippen LogP contribution < -0.4 is 5.32 Å². The smallest absolute Gasteiger partial charge is 0.0210 e. The summed E-state index contributed by atoms with van der Waals surface area (Å²) < 4.78 is 0. The Morgan fingerprint density at radius 1 is 1.10 bits per heavy atom. The maximum atomic E-state index is 3.72. The molecule has 0 bridgehead atoms. The third-order valence-corrected chi connectivity index (χ3v) is 4.36. The summed E-state index contributed by atoms with van der Waals surface area (Å²) in [6, 6.07) is 16.1. The van der Waals surface area contributed by atoms with Gasteiger partial charge in [-0.1, -0.05) is 54.6 Å². The molecule has 0 aromatic heterocycles. The van der Waals surface area contributed by atoms with Crippen LogP contribution in [0.2, 0.25) is 0 Å². The summed E-state index contributed by atoms with van der Waals surface area (Å²) in [4.78, 5) is 0. The van der Waals surface area contributed by atoms with Gasteiger partial charge in [-0.25, -0.2) is 0 Å². The Morgan fingerprint density at radius 3 is 2.43 bits per heavy atom. The summed E-state index contributed by atoms with van der Waals surface area (Å²) in [5, 5.41) is 3.72. The minimum absolute atomic E-state index is 0.581. The summed E-state index contributed by atoms with van der Waals surface area (Å²) in [6.07, 6.45) is 6.55. The molecule has 1 N–H and O–H groups in total. The minimum Gasteiger partial charge on any atom is -0.309 e. The molecule has 0 heterocycles. The highest BCUT2D eigenvalue weighted by atomic mass is 14.9. The Labute approximate surface area is 127 Å². The Hall–Kier alpha value is -1.86. The monoisotopic (exact) mass is 277 g/mol. The maximum absolute atomic E-state index is 3.72. The first-order chi connectivity index (χ1) is 10.3. The van der Waals surface area contributed by atoms with E-state index in [1.54, 1.807) is 0 Å². The van der Waals surface area contributed by atoms with Gasteiger partial charge in [0, 0.05) is 12.6 Å². The van der Waals surface area contributed by atoms with E-state index in [0.29, 0.717) is 6.04 Å². The molecule has 21 heavy (non-hydrogen) atoms. The van der Waals surface area contributed by atoms with Gasteiger partial charge in [-0.3, -0.25) is 0 Å². The van der Waals surface area contributed by atoms with Crippen LogP contribution in [0, 0.1) is 6.92 Å². The molecule has 2 aromatic carbocycles. The van der Waals surface area contributed by atoms with E-state index in [1.807, 2.05) is 0 Å². The van der Waals surface area contributed by atoms with Crippen molar-refractivity contribution in [2.24, 2.45) is 0 Å². The topological polar surface area (TPSA) is 12.0 Å². The van der Waals surface area contributed by atoms with E-state index in [4.69, 9.17) is 0 Å². The molecule has 1 nitrogen and oxygen atoms in total. The lowest BCUT2D eigenvalue weighted by Gasteiger charge is -2.14. The lowest BCUT2D eigenvalue weighted by molar-refractivity contribution is 0.532. The summed E-state index contributed by atoms with van der Waals surface area (Å²) >= 11 is 0. The molecule has 0 saturated carbocycles. The highest BCUT2D eigenvalue weighted by Gasteiger charge is 2.20. The molecule has 0 spiro atoms. The molecule has 0 atom stereocenters. The van der Waals surface area contributed by atoms with Crippen molar-refractivity contribution in [3.8, 4) is 0 Å². The normalized spacial score (nSPS) is 14.8. The van der Waals surface area contributed by atoms with Gasteiger partial charge in [0.1, 0.15) is 0 Å². The first-order valence-corrected chi connectivity index (χ1v) is 7.78. The van der Waals surface area contributed by atoms with Crippen LogP contribution in [0.15, 0.2) is 48.5 Å². The van der Waals surface area contributed by atoms with E-state index in [0.717, 1.165) is 19.4 Å². The SMILES string of the molecule is C/C=C/c1ccc(CNC2Cc3ccccc3C2)c(C)c1. The highest BCUT2D eigenvalue weighted by Crippen LogP contribution is 2.22. The zero-order chi connectivity index (χ0) is 14.7. The number of benzene rings is 2. The lowest BCUT2D eigenvalue weighted by Crippen LogP contribution is -2.29. The van der Waals surface area contributed by atoms with Crippen LogP contribution in [0.1, 0.15) is 34.7 Å². The van der Waals surface area contributed by atoms with Crippen LogP contribution in [0.25, 0.3) is 6.08 Å². The molecule has 0 saturated heterocycles. The van der Waals surface area contributed by atoms with Crippen LogP contribution in [0.5, 0.6) is 0 Å². The van der Waals surface area contributed by atoms with Crippen molar-refractivity contribution >= 4 is 6.08 Å². The quantitative estimate of drug-likeness (QED) is 0.879. The number of aryl methyl sites for hydroxylation is 1. The standard InChI is InChI=1S/C20H23N/c1-3-6-16-9-10-19(15(2)11-16)14-21-20-12-17-7-4-5-8-18(17)13-20/h3-11,20-21H,12-14H2,1-2H3/b6-3+. The summed E-state index contributed by atoms with van der Waals surface area (Å²) in [7, 11) is 0. The second-order valence-corrected chi connectivity index (χ2v) is 5.94. The molecular weight excluding hydrogens is 254 g/mol. The van der Waals surface area contributed by atoms with Crippen molar-refractivity contribution in [1.29, 1.82) is 0 Å². The summed E-state index contributed by atoms with van der Waals surface area (Å²) in [6.45, 7) is 5.22. The van der Waals surface area contributed by atoms with Crippen molar-refractivity contribution in [2.75, 3.05) is 0 Å². The third kappa shape index (κ3) is 3.25. The molecule has 0 unspecified atom stereocenters. The van der Waals surface area contributed by atoms with E-state index < -0.39 is 0 Å². The zero-order valence-electron chi connectivity index (χ0n) is 12.9. The fourth-order valence-electron chi connectivity index (χ4n) is 3.17. The molecule has 0 aliphatic heterocycles. The number of fused-ring (bicyclic) bond motifs is 1. The van der Waals surface area contributed by atoms with Crippen LogP contribution in [0.4, 0.5) is 0 Å². The first kappa shape index (κ1) is 14.1. The summed E-state index contributed by atoms with van der Waals surface area (Å²) in [5.41, 5.74) is 7.07. The van der Waals surface area contributed by atoms with Crippen molar-refractivity contribution in [2.45, 2.75) is 39.3 Å². The van der Waals surface area contributed by atoms with Gasteiger partial charge in [0.15, 0.2) is 0 Å². The number of nitrogens with one attached hydrogen (secondary N) is 1. The number of allylic oxidation sites excluding steroid dienone is 1. The van der Waals surface area contributed by atoms with E-state index in [1.165, 1.54) is 27.8 Å². The Morgan fingerprint density at radius 2 is 1.81 bits per heavy atom. The van der Waals surface area contributed by atoms with Gasteiger partial charge in [0.05, 0.1) is 0 Å². The fraction of sp³-hybridized carbons (Fsp3) is 0.300. The average Bonchev–Trinajstić information content (AvgIpc) is 2.89. The molecule has 1 aliphatic carbocycles. The highest BCUT2D eigenvalue weighted by molar-refractivity contribution is 5.51. The maximum Gasteiger partial charge on any atom is 0.0210 e. The van der Waals surface area contributed by atoms with Crippen LogP contribution in [0.3, 0.4) is 0 Å². The Bertz CT molecular complexity index is 630. The lowest BCUT2D eigenvalue weighted by atomic mass is 10.0. The van der Waals surface area contributed by atoms with Crippen LogP contribution in [-0.2, 0) is 19.4 Å². The van der Waals surface area contributed by atoms with Gasteiger partial charge >= 0.3 is 0 Å². The molecule has 0 fully saturated rings. The number of hydrogen-bond donors (Lipinski definition) is 1. The molecule has 1 heteroatoms. The van der Waals surface area contributed by atoms with Crippen molar-refractivity contribution in [3.05, 3.63) is 76.4 Å². The van der Waals surface area contributed by atoms with Crippen molar-refractivity contribution < 1.29 is 0 Å². The number of rotatable bonds is 4. The molecule has 108 valence electrons. The molecule has 0 radical (unpaired) electrons. The molecule has 3 rings (SSSR count). The second-order valence-electron chi connectivity index (χ2n) is 5.94. The number of hydrogen-bond acceptors (Lipinski definition) is 1. The second kappa shape index (κ2) is 6.28. The van der Waals surface area contributed by atoms with Crippen molar-refractivity contribution in [1.82, 2.24) is 5.32 Å². The Balaban J connectivity index is 1.62. The van der Waals surface area contributed by atoms with Gasteiger partial charge < -0.3 is 5.32 Å². The average molecular weight is 277 g/mol. The van der Waals surface area contributed by atoms with E-state index >= 15 is 0 Å². The summed E-state index contributed by atoms with van der Waals surface area (Å²) in [5.74, 6) is 0. The molecule has 1 aliphatic rings. The first-order valence-electron chi connectivity index (χ1n) is 7.78. The van der Waals surface area contributed by atoms with Gasteiger partial charge in [-0.2, -0.15) is 0 Å². The zero-order valence-corrected chi connectivity index (χ0v) is 12.9. The van der Waals surface area contributed by atoms with Gasteiger partial charge in [0.2, 0.25) is 0 Å². The molecule has 0 amide bonds. The molecule has 2 aromatic rings. The fourth-order valence-corrected chi connectivity index (χ4v) is 3.17. The largest absolute Gasteiger partial charge is 0.309 e. The Kier molecular flexibility index (Phi) is 4.21. The van der Waals surface area contributed by atoms with Gasteiger partial charge in [0.25, 0.3) is 0 Å². The van der Waals surface area contributed by atoms with Gasteiger partial charge in [-0.15, -0.1) is 0 Å². The van der Waals surface area contributed by atoms with E-state index in [9.17, 15) is 0 Å². The molecular formula is C20H23N. The predicted octanol–water partition coefficient (Wildman–Crippen LogP) is 4.29. The van der Waals surface area contributed by atoms with E-state index in [2.05, 4.69) is 73.8 Å². The van der Waals surface area contributed by atoms with Crippen molar-refractivity contribution in [3.63, 3.8) is 0 Å². The minimum atomic E-state index is 0.581. The predicted molar refractivity (Wildman–Crippen MR) is 90.4 cm³/mol. The van der Waals surface area contributed by atoms with Crippen LogP contribution >= 0.6 is 0 Å². The van der Waals surface area contributed by atoms with Crippen LogP contribution in [-0.4, -0.2) is 6.04 Å².